The van der Waals surface area contributed by atoms with Gasteiger partial charge in [0.2, 0.25) is 6.54 Å². The fraction of sp³-hybridized carbons (Fsp3) is 0.406. The predicted octanol–water partition coefficient (Wildman–Crippen LogP) is 2.40. The van der Waals surface area contributed by atoms with Crippen molar-refractivity contribution in [2.45, 2.75) is 50.0 Å². The molecule has 1 aromatic carbocycles. The fourth-order valence-corrected chi connectivity index (χ4v) is 9.11. The third kappa shape index (κ3) is 7.44. The van der Waals surface area contributed by atoms with E-state index in [9.17, 15) is 22.6 Å². The molecule has 7 heterocycles. The molecule has 3 N–H and O–H groups in total. The number of phosphoric acid groups is 1. The molecule has 300 valence electrons. The van der Waals surface area contributed by atoms with Crippen LogP contribution < -0.4 is 15.6 Å². The van der Waals surface area contributed by atoms with Crippen LogP contribution >= 0.6 is 7.82 Å². The van der Waals surface area contributed by atoms with Gasteiger partial charge in [-0.3, -0.25) is 27.7 Å². The van der Waals surface area contributed by atoms with Crippen LogP contribution in [0.5, 0.6) is 0 Å². The predicted molar refractivity (Wildman–Crippen MR) is 190 cm³/mol. The molecule has 0 radical (unpaired) electrons. The second-order valence-corrected chi connectivity index (χ2v) is 16.0. The van der Waals surface area contributed by atoms with Crippen LogP contribution in [0, 0.1) is 18.3 Å². The standard InChI is InChI=1S/C32H31F2N10O11PS/c1-16-20-12-51-56(47,50-9-8-35-2)54-25-19(10-41-57(48,49)55-24(16)32(53-20)43-11-18(33)21-27(43)37-14-39-30(21)46)52-31(22(25)34)44-15-40-23-26(36-13-38-28(23)44)42-29(45)17-6-4-3-5-7-17/h3-7,11,13-16,19-20,22,24-25,31-32,41H,8-10,12H2,1H3,(H,37,39,46)(H,36,38,42,45)/t16-,19-,20-,22-,24-,25-,31-,32-,56?/m1/s1. The Hall–Kier alpha value is -5.09. The first-order valence-electron chi connectivity index (χ1n) is 17.2. The van der Waals surface area contributed by atoms with Gasteiger partial charge in [0.1, 0.15) is 36.6 Å². The van der Waals surface area contributed by atoms with Crippen molar-refractivity contribution in [2.24, 2.45) is 5.92 Å². The van der Waals surface area contributed by atoms with E-state index in [1.807, 2.05) is 0 Å². The number of aromatic nitrogens is 7. The molecule has 8 rings (SSSR count). The lowest BCUT2D eigenvalue weighted by Crippen LogP contribution is -2.42. The van der Waals surface area contributed by atoms with Gasteiger partial charge in [0, 0.05) is 24.2 Å². The van der Waals surface area contributed by atoms with Crippen LogP contribution in [0.1, 0.15) is 29.7 Å². The number of carbonyl (C=O) groups excluding carboxylic acids is 1. The first-order chi connectivity index (χ1) is 27.4. The van der Waals surface area contributed by atoms with Crippen molar-refractivity contribution < 1.29 is 53.8 Å². The zero-order chi connectivity index (χ0) is 40.1. The minimum Gasteiger partial charge on any atom is -0.349 e. The fourth-order valence-electron chi connectivity index (χ4n) is 6.73. The molecule has 57 heavy (non-hydrogen) atoms. The lowest BCUT2D eigenvalue weighted by atomic mass is 10.0. The molecule has 0 spiro atoms. The number of imidazole rings is 1. The molecule has 0 saturated carbocycles. The Labute approximate surface area is 320 Å². The summed E-state index contributed by atoms with van der Waals surface area (Å²) in [5, 5.41) is 2.23. The SMILES string of the molecule is [C-]#[N+]CCOP1(=O)OC[C@H]2O[C@@H](n3cc(F)c4c(=O)[nH]cnc43)[C@H](OS(=O)(=O)NC[C@H]3O[C@@H](n4cnc5c(NC(=O)c6ccccc6)ncnc54)[C@H](F)[C@@H]3O1)[C@@H]2C. The van der Waals surface area contributed by atoms with Gasteiger partial charge >= 0.3 is 18.1 Å². The zero-order valence-corrected chi connectivity index (χ0v) is 31.1. The highest BCUT2D eigenvalue weighted by molar-refractivity contribution is 7.84. The van der Waals surface area contributed by atoms with Gasteiger partial charge in [-0.05, 0) is 12.1 Å². The summed E-state index contributed by atoms with van der Waals surface area (Å²) < 4.78 is 112. The zero-order valence-electron chi connectivity index (χ0n) is 29.4. The minimum atomic E-state index is -4.83. The second kappa shape index (κ2) is 15.3. The monoisotopic (exact) mass is 832 g/mol. The molecule has 1 amide bonds. The maximum Gasteiger partial charge on any atom is 0.475 e. The number of benzene rings is 1. The smallest absolute Gasteiger partial charge is 0.349 e. The summed E-state index contributed by atoms with van der Waals surface area (Å²) in [6.45, 7) is 6.58. The van der Waals surface area contributed by atoms with Crippen LogP contribution in [0.4, 0.5) is 14.6 Å². The molecule has 4 aromatic heterocycles. The van der Waals surface area contributed by atoms with Crippen molar-refractivity contribution >= 4 is 52.0 Å². The number of hydrogen-bond donors (Lipinski definition) is 3. The number of carbonyl (C=O) groups is 1. The number of anilines is 1. The van der Waals surface area contributed by atoms with Gasteiger partial charge in [0.05, 0.1) is 25.4 Å². The topological polar surface area (TPSA) is 246 Å². The van der Waals surface area contributed by atoms with Crippen molar-refractivity contribution in [2.75, 3.05) is 31.6 Å². The summed E-state index contributed by atoms with van der Waals surface area (Å²) in [4.78, 5) is 47.3. The van der Waals surface area contributed by atoms with Gasteiger partial charge in [0.15, 0.2) is 47.1 Å². The van der Waals surface area contributed by atoms with Crippen molar-refractivity contribution in [3.63, 3.8) is 0 Å². The molecule has 3 fully saturated rings. The molecule has 25 heteroatoms. The van der Waals surface area contributed by atoms with Crippen LogP contribution in [0.15, 0.2) is 60.3 Å². The molecule has 1 unspecified atom stereocenters. The summed E-state index contributed by atoms with van der Waals surface area (Å²) in [5.74, 6) is -2.37. The van der Waals surface area contributed by atoms with Crippen molar-refractivity contribution in [1.29, 1.82) is 0 Å². The molecular formula is C32H31F2N10O11PS. The van der Waals surface area contributed by atoms with Gasteiger partial charge in [0.25, 0.3) is 11.5 Å². The molecule has 3 aliphatic rings. The number of phosphoric ester groups is 1. The van der Waals surface area contributed by atoms with E-state index in [1.54, 1.807) is 30.3 Å². The molecule has 9 atom stereocenters. The Morgan fingerprint density at radius 2 is 1.89 bits per heavy atom. The average Bonchev–Trinajstić information content (AvgIpc) is 3.93. The number of H-pyrrole nitrogens is 1. The van der Waals surface area contributed by atoms with E-state index in [4.69, 9.17) is 33.8 Å². The van der Waals surface area contributed by atoms with Gasteiger partial charge in [-0.2, -0.15) is 13.1 Å². The highest BCUT2D eigenvalue weighted by Crippen LogP contribution is 2.55. The number of halogens is 2. The van der Waals surface area contributed by atoms with Crippen molar-refractivity contribution in [1.82, 2.24) is 38.8 Å². The van der Waals surface area contributed by atoms with Crippen LogP contribution in [0.25, 0.3) is 27.0 Å². The van der Waals surface area contributed by atoms with Crippen LogP contribution in [-0.2, 0) is 42.1 Å². The van der Waals surface area contributed by atoms with Gasteiger partial charge in [-0.1, -0.05) is 25.1 Å². The summed E-state index contributed by atoms with van der Waals surface area (Å²) in [6.07, 6.45) is -7.02. The molecule has 21 nitrogen and oxygen atoms in total. The Bertz CT molecular complexity index is 2590. The van der Waals surface area contributed by atoms with E-state index in [1.165, 1.54) is 6.92 Å². The minimum absolute atomic E-state index is 0.00144. The number of aromatic amines is 1. The Morgan fingerprint density at radius 1 is 1.11 bits per heavy atom. The Morgan fingerprint density at radius 3 is 2.68 bits per heavy atom. The average molecular weight is 833 g/mol. The highest BCUT2D eigenvalue weighted by Gasteiger charge is 2.53. The van der Waals surface area contributed by atoms with E-state index in [0.717, 1.165) is 34.3 Å². The Balaban J connectivity index is 1.11. The number of hydrogen-bond acceptors (Lipinski definition) is 15. The number of alkyl halides is 1. The maximum atomic E-state index is 16.7. The normalized spacial score (nSPS) is 30.2. The lowest BCUT2D eigenvalue weighted by Gasteiger charge is -2.26. The van der Waals surface area contributed by atoms with E-state index < -0.39 is 110 Å². The number of amides is 1. The molecule has 5 aromatic rings. The number of nitrogens with one attached hydrogen (secondary N) is 3. The third-order valence-corrected chi connectivity index (χ3v) is 12.0. The van der Waals surface area contributed by atoms with E-state index in [2.05, 4.69) is 39.8 Å². The summed E-state index contributed by atoms with van der Waals surface area (Å²) in [7, 11) is -9.60. The number of rotatable bonds is 7. The molecule has 3 aliphatic heterocycles. The largest absolute Gasteiger partial charge is 0.475 e. The number of nitrogens with zero attached hydrogens (tertiary/aromatic N) is 7. The van der Waals surface area contributed by atoms with Crippen LogP contribution in [-0.4, -0.2) is 105 Å². The summed E-state index contributed by atoms with van der Waals surface area (Å²) in [5.41, 5.74) is -0.591. The summed E-state index contributed by atoms with van der Waals surface area (Å²) in [6, 6.07) is 8.27. The van der Waals surface area contributed by atoms with E-state index >= 15 is 8.78 Å². The first-order valence-corrected chi connectivity index (χ1v) is 20.0. The lowest BCUT2D eigenvalue weighted by molar-refractivity contribution is -0.0517. The molecule has 3 saturated heterocycles. The van der Waals surface area contributed by atoms with E-state index in [0.29, 0.717) is 5.56 Å². The molecule has 0 aliphatic carbocycles. The quantitative estimate of drug-likeness (QED) is 0.121. The first kappa shape index (κ1) is 38.8. The maximum absolute atomic E-state index is 16.7. The Kier molecular flexibility index (Phi) is 10.4. The van der Waals surface area contributed by atoms with Crippen molar-refractivity contribution in [3.8, 4) is 0 Å². The van der Waals surface area contributed by atoms with Gasteiger partial charge < -0.3 is 29.2 Å². The molecular weight excluding hydrogens is 801 g/mol. The summed E-state index contributed by atoms with van der Waals surface area (Å²) >= 11 is 0. The molecule has 2 bridgehead atoms. The van der Waals surface area contributed by atoms with Gasteiger partial charge in [-0.15, -0.1) is 0 Å². The number of fused-ring (bicyclic) bond motifs is 5. The van der Waals surface area contributed by atoms with Crippen LogP contribution in [0.3, 0.4) is 0 Å². The second-order valence-electron chi connectivity index (χ2n) is 13.0. The number of ether oxygens (including phenoxy) is 2. The van der Waals surface area contributed by atoms with Crippen molar-refractivity contribution in [3.05, 3.63) is 88.7 Å². The third-order valence-electron chi connectivity index (χ3n) is 9.51. The van der Waals surface area contributed by atoms with Crippen LogP contribution in [0.2, 0.25) is 0 Å². The highest BCUT2D eigenvalue weighted by atomic mass is 32.2. The van der Waals surface area contributed by atoms with Gasteiger partial charge in [-0.25, -0.2) is 44.0 Å². The van der Waals surface area contributed by atoms with E-state index in [-0.39, 0.29) is 29.2 Å².